The fraction of sp³-hybridized carbons (Fsp3) is 0.391. The van der Waals surface area contributed by atoms with Crippen molar-refractivity contribution in [1.29, 1.82) is 0 Å². The number of H-pyrrole nitrogens is 1. The number of nitrogens with one attached hydrogen (secondary N) is 1. The Morgan fingerprint density at radius 3 is 2.90 bits per heavy atom. The van der Waals surface area contributed by atoms with Gasteiger partial charge in [-0.2, -0.15) is 4.99 Å². The lowest BCUT2D eigenvalue weighted by Crippen LogP contribution is -2.50. The molecule has 7 heteroatoms. The molecule has 0 spiro atoms. The van der Waals surface area contributed by atoms with Gasteiger partial charge in [0.15, 0.2) is 0 Å². The van der Waals surface area contributed by atoms with Gasteiger partial charge in [0.2, 0.25) is 5.91 Å². The summed E-state index contributed by atoms with van der Waals surface area (Å²) in [4.78, 5) is 42.0. The van der Waals surface area contributed by atoms with E-state index >= 15 is 0 Å². The van der Waals surface area contributed by atoms with Crippen LogP contribution in [0.15, 0.2) is 41.6 Å². The van der Waals surface area contributed by atoms with Crippen LogP contribution in [0.1, 0.15) is 49.2 Å². The number of hydrogen-bond donors (Lipinski definition) is 1. The molecule has 1 N–H and O–H groups in total. The fourth-order valence-corrected chi connectivity index (χ4v) is 4.62. The molecule has 0 aliphatic carbocycles. The van der Waals surface area contributed by atoms with Gasteiger partial charge in [-0.15, -0.1) is 0 Å². The number of fused-ring (bicyclic) bond motifs is 2. The fourth-order valence-electron chi connectivity index (χ4n) is 4.62. The number of carbonyl (C=O) groups excluding carboxylic acids is 2. The van der Waals surface area contributed by atoms with E-state index in [1.165, 1.54) is 11.1 Å². The Balaban J connectivity index is 1.40. The summed E-state index contributed by atoms with van der Waals surface area (Å²) >= 11 is 0. The summed E-state index contributed by atoms with van der Waals surface area (Å²) in [5, 5.41) is 0. The van der Waals surface area contributed by atoms with Crippen LogP contribution >= 0.6 is 0 Å². The molecule has 1 fully saturated rings. The highest BCUT2D eigenvalue weighted by atomic mass is 16.2. The zero-order valence-electron chi connectivity index (χ0n) is 17.5. The number of allylic oxidation sites excluding steroid dienone is 2. The maximum Gasteiger partial charge on any atom is 0.274 e. The van der Waals surface area contributed by atoms with Crippen LogP contribution in [0.25, 0.3) is 11.0 Å². The van der Waals surface area contributed by atoms with Gasteiger partial charge in [0.25, 0.3) is 5.91 Å². The molecule has 5 rings (SSSR count). The number of amidine groups is 1. The van der Waals surface area contributed by atoms with Crippen molar-refractivity contribution in [2.45, 2.75) is 51.6 Å². The minimum atomic E-state index is -0.983. The third kappa shape index (κ3) is 2.80. The summed E-state index contributed by atoms with van der Waals surface area (Å²) in [6.07, 6.45) is 9.20. The first kappa shape index (κ1) is 18.8. The van der Waals surface area contributed by atoms with E-state index in [0.29, 0.717) is 12.4 Å². The first-order chi connectivity index (χ1) is 14.4. The average molecular weight is 403 g/mol. The predicted molar refractivity (Wildman–Crippen MR) is 115 cm³/mol. The second-order valence-electron chi connectivity index (χ2n) is 8.62. The van der Waals surface area contributed by atoms with Crippen molar-refractivity contribution in [3.63, 3.8) is 0 Å². The first-order valence-electron chi connectivity index (χ1n) is 10.4. The van der Waals surface area contributed by atoms with Crippen LogP contribution in [0.4, 0.5) is 0 Å². The number of likely N-dealkylation sites (tertiary alicyclic amines) is 1. The van der Waals surface area contributed by atoms with E-state index in [2.05, 4.69) is 36.0 Å². The van der Waals surface area contributed by atoms with E-state index in [9.17, 15) is 9.59 Å². The molecule has 1 saturated heterocycles. The highest BCUT2D eigenvalue weighted by Crippen LogP contribution is 2.36. The van der Waals surface area contributed by atoms with Gasteiger partial charge in [0, 0.05) is 12.7 Å². The molecule has 4 heterocycles. The van der Waals surface area contributed by atoms with Crippen molar-refractivity contribution in [3.05, 3.63) is 53.5 Å². The molecular formula is C23H25N5O2. The molecule has 1 aromatic carbocycles. The Hall–Kier alpha value is -3.22. The van der Waals surface area contributed by atoms with Crippen LogP contribution in [0.3, 0.4) is 0 Å². The molecule has 3 aliphatic rings. The Labute approximate surface area is 175 Å². The summed E-state index contributed by atoms with van der Waals surface area (Å²) in [6.45, 7) is 6.63. The maximum absolute atomic E-state index is 13.3. The third-order valence-electron chi connectivity index (χ3n) is 6.55. The zero-order chi connectivity index (χ0) is 21.0. The lowest BCUT2D eigenvalue weighted by Gasteiger charge is -2.34. The summed E-state index contributed by atoms with van der Waals surface area (Å²) in [6, 6.07) is 4.09. The van der Waals surface area contributed by atoms with Crippen molar-refractivity contribution in [3.8, 4) is 0 Å². The number of aromatic nitrogens is 2. The second kappa shape index (κ2) is 6.65. The Bertz CT molecular complexity index is 1120. The third-order valence-corrected chi connectivity index (χ3v) is 6.55. The number of amides is 2. The van der Waals surface area contributed by atoms with Gasteiger partial charge in [-0.1, -0.05) is 6.08 Å². The largest absolute Gasteiger partial charge is 0.340 e. The topological polar surface area (TPSA) is 81.7 Å². The average Bonchev–Trinajstić information content (AvgIpc) is 3.40. The molecule has 2 amide bonds. The highest BCUT2D eigenvalue weighted by molar-refractivity contribution is 6.13. The maximum atomic E-state index is 13.3. The monoisotopic (exact) mass is 403 g/mol. The lowest BCUT2D eigenvalue weighted by atomic mass is 9.94. The minimum Gasteiger partial charge on any atom is -0.340 e. The van der Waals surface area contributed by atoms with Crippen molar-refractivity contribution in [2.75, 3.05) is 6.54 Å². The van der Waals surface area contributed by atoms with Gasteiger partial charge in [-0.05, 0) is 69.0 Å². The smallest absolute Gasteiger partial charge is 0.274 e. The molecule has 30 heavy (non-hydrogen) atoms. The molecule has 154 valence electrons. The van der Waals surface area contributed by atoms with Crippen molar-refractivity contribution >= 4 is 28.7 Å². The Kier molecular flexibility index (Phi) is 4.17. The highest BCUT2D eigenvalue weighted by Gasteiger charge is 2.48. The second-order valence-corrected chi connectivity index (χ2v) is 8.62. The molecule has 3 aliphatic heterocycles. The molecule has 0 unspecified atom stereocenters. The van der Waals surface area contributed by atoms with E-state index in [1.54, 1.807) is 13.0 Å². The molecule has 0 saturated carbocycles. The van der Waals surface area contributed by atoms with Crippen LogP contribution in [-0.4, -0.2) is 49.5 Å². The van der Waals surface area contributed by atoms with Crippen molar-refractivity contribution < 1.29 is 9.59 Å². The lowest BCUT2D eigenvalue weighted by molar-refractivity contribution is -0.138. The summed E-state index contributed by atoms with van der Waals surface area (Å²) < 4.78 is 0. The molecule has 1 aromatic heterocycles. The van der Waals surface area contributed by atoms with Crippen LogP contribution in [0, 0.1) is 13.8 Å². The van der Waals surface area contributed by atoms with E-state index in [4.69, 9.17) is 4.98 Å². The minimum absolute atomic E-state index is 0.0411. The number of aryl methyl sites for hydroxylation is 2. The zero-order valence-corrected chi connectivity index (χ0v) is 17.5. The van der Waals surface area contributed by atoms with Crippen LogP contribution in [0.2, 0.25) is 0 Å². The molecular weight excluding hydrogens is 378 g/mol. The van der Waals surface area contributed by atoms with Gasteiger partial charge in [-0.3, -0.25) is 9.59 Å². The number of benzene rings is 1. The molecule has 2 aromatic rings. The van der Waals surface area contributed by atoms with E-state index in [1.807, 2.05) is 28.2 Å². The number of nitrogens with zero attached hydrogens (tertiary/aromatic N) is 4. The molecule has 2 atom stereocenters. The summed E-state index contributed by atoms with van der Waals surface area (Å²) in [7, 11) is 0. The van der Waals surface area contributed by atoms with Gasteiger partial charge in [0.1, 0.15) is 17.2 Å². The molecule has 0 bridgehead atoms. The number of aliphatic imine (C=N–C) groups is 1. The quantitative estimate of drug-likeness (QED) is 0.852. The number of rotatable bonds is 3. The normalized spacial score (nSPS) is 25.4. The summed E-state index contributed by atoms with van der Waals surface area (Å²) in [5.41, 5.74) is 3.35. The van der Waals surface area contributed by atoms with Gasteiger partial charge < -0.3 is 14.8 Å². The van der Waals surface area contributed by atoms with Gasteiger partial charge >= 0.3 is 0 Å². The van der Waals surface area contributed by atoms with E-state index in [-0.39, 0.29) is 24.3 Å². The number of carbonyl (C=O) groups is 2. The van der Waals surface area contributed by atoms with Crippen LogP contribution in [-0.2, 0) is 9.59 Å². The van der Waals surface area contributed by atoms with Crippen molar-refractivity contribution in [1.82, 2.24) is 19.8 Å². The number of aromatic amines is 1. The standard InChI is InChI=1S/C23H25N5O2/c1-14-11-16-17(12-15(14)2)25-21(24-16)18-7-6-9-27(18)20(29)13-23(3)22(30)26-19-8-4-5-10-28(19)23/h4-5,8,10-12,18H,6-7,9,13H2,1-3H3,(H,24,25)/t18-,23-/m1/s1. The Morgan fingerprint density at radius 1 is 1.27 bits per heavy atom. The van der Waals surface area contributed by atoms with Gasteiger partial charge in [0.05, 0.1) is 23.5 Å². The number of imidazole rings is 1. The molecule has 7 nitrogen and oxygen atoms in total. The van der Waals surface area contributed by atoms with Crippen molar-refractivity contribution in [2.24, 2.45) is 4.99 Å². The van der Waals surface area contributed by atoms with Crippen LogP contribution < -0.4 is 0 Å². The Morgan fingerprint density at radius 2 is 2.07 bits per heavy atom. The van der Waals surface area contributed by atoms with Gasteiger partial charge in [-0.25, -0.2) is 4.98 Å². The SMILES string of the molecule is Cc1cc2nc([C@H]3CCCN3C(=O)C[C@]3(C)C(=O)N=C4C=CC=CN43)[nH]c2cc1C. The van der Waals surface area contributed by atoms with E-state index < -0.39 is 5.54 Å². The van der Waals surface area contributed by atoms with E-state index in [0.717, 1.165) is 29.7 Å². The number of hydrogen-bond acceptors (Lipinski definition) is 4. The predicted octanol–water partition coefficient (Wildman–Crippen LogP) is 3.32. The summed E-state index contributed by atoms with van der Waals surface area (Å²) in [5.74, 6) is 1.10. The van der Waals surface area contributed by atoms with Crippen LogP contribution in [0.5, 0.6) is 0 Å². The first-order valence-corrected chi connectivity index (χ1v) is 10.4. The molecule has 0 radical (unpaired) electrons.